The topological polar surface area (TPSA) is 59.2 Å². The molecule has 0 spiro atoms. The van der Waals surface area contributed by atoms with Gasteiger partial charge in [0.2, 0.25) is 5.82 Å². The van der Waals surface area contributed by atoms with Crippen molar-refractivity contribution < 1.29 is 9.63 Å². The molecular weight excluding hydrogens is 264 g/mol. The minimum atomic E-state index is 0.117. The van der Waals surface area contributed by atoms with Gasteiger partial charge < -0.3 is 9.63 Å². The predicted octanol–water partition coefficient (Wildman–Crippen LogP) is 3.76. The van der Waals surface area contributed by atoms with Crippen LogP contribution >= 0.6 is 11.6 Å². The standard InChI is InChI=1S/C14H9ClN2O2/c15-10-7-5-9(6-8-10)14-16-13(17-19-14)11-3-1-2-4-12(11)18/h1-8,18H. The summed E-state index contributed by atoms with van der Waals surface area (Å²) in [6.07, 6.45) is 0. The maximum absolute atomic E-state index is 9.74. The molecule has 1 aromatic heterocycles. The van der Waals surface area contributed by atoms with Gasteiger partial charge in [-0.3, -0.25) is 0 Å². The minimum Gasteiger partial charge on any atom is -0.507 e. The predicted molar refractivity (Wildman–Crippen MR) is 71.8 cm³/mol. The third-order valence-electron chi connectivity index (χ3n) is 2.66. The molecule has 0 aliphatic rings. The van der Waals surface area contributed by atoms with Crippen LogP contribution in [-0.4, -0.2) is 15.2 Å². The van der Waals surface area contributed by atoms with E-state index in [1.165, 1.54) is 0 Å². The molecule has 0 aliphatic heterocycles. The number of aromatic nitrogens is 2. The van der Waals surface area contributed by atoms with Crippen LogP contribution in [0.2, 0.25) is 5.02 Å². The molecule has 0 saturated heterocycles. The quantitative estimate of drug-likeness (QED) is 0.771. The Kier molecular flexibility index (Phi) is 2.93. The summed E-state index contributed by atoms with van der Waals surface area (Å²) in [5, 5.41) is 14.3. The van der Waals surface area contributed by atoms with Crippen molar-refractivity contribution in [3.8, 4) is 28.6 Å². The molecule has 3 rings (SSSR count). The Morgan fingerprint density at radius 1 is 1.00 bits per heavy atom. The number of nitrogens with zero attached hydrogens (tertiary/aromatic N) is 2. The lowest BCUT2D eigenvalue weighted by Gasteiger charge is -1.96. The summed E-state index contributed by atoms with van der Waals surface area (Å²) in [5.74, 6) is 0.851. The third kappa shape index (κ3) is 2.30. The van der Waals surface area contributed by atoms with Gasteiger partial charge in [0.25, 0.3) is 5.89 Å². The van der Waals surface area contributed by atoms with E-state index in [0.717, 1.165) is 5.56 Å². The zero-order valence-electron chi connectivity index (χ0n) is 9.75. The number of para-hydroxylation sites is 1. The maximum atomic E-state index is 9.74. The molecule has 0 fully saturated rings. The van der Waals surface area contributed by atoms with Crippen LogP contribution in [0.3, 0.4) is 0 Å². The van der Waals surface area contributed by atoms with Crippen molar-refractivity contribution in [3.63, 3.8) is 0 Å². The molecule has 94 valence electrons. The van der Waals surface area contributed by atoms with E-state index in [1.807, 2.05) is 0 Å². The molecule has 19 heavy (non-hydrogen) atoms. The van der Waals surface area contributed by atoms with Gasteiger partial charge in [-0.15, -0.1) is 0 Å². The fourth-order valence-electron chi connectivity index (χ4n) is 1.71. The van der Waals surface area contributed by atoms with Gasteiger partial charge in [0, 0.05) is 10.6 Å². The summed E-state index contributed by atoms with van der Waals surface area (Å²) in [6, 6.07) is 13.9. The number of phenolic OH excluding ortho intramolecular Hbond substituents is 1. The van der Waals surface area contributed by atoms with Crippen molar-refractivity contribution in [2.45, 2.75) is 0 Å². The van der Waals surface area contributed by atoms with Crippen LogP contribution < -0.4 is 0 Å². The number of hydrogen-bond acceptors (Lipinski definition) is 4. The molecule has 2 aromatic carbocycles. The summed E-state index contributed by atoms with van der Waals surface area (Å²) in [6.45, 7) is 0. The van der Waals surface area contributed by atoms with E-state index < -0.39 is 0 Å². The van der Waals surface area contributed by atoms with E-state index in [9.17, 15) is 5.11 Å². The van der Waals surface area contributed by atoms with Crippen LogP contribution in [0, 0.1) is 0 Å². The van der Waals surface area contributed by atoms with Crippen LogP contribution in [0.5, 0.6) is 5.75 Å². The highest BCUT2D eigenvalue weighted by Crippen LogP contribution is 2.28. The van der Waals surface area contributed by atoms with Gasteiger partial charge >= 0.3 is 0 Å². The van der Waals surface area contributed by atoms with Crippen LogP contribution in [-0.2, 0) is 0 Å². The second-order valence-electron chi connectivity index (χ2n) is 3.95. The number of benzene rings is 2. The van der Waals surface area contributed by atoms with Gasteiger partial charge in [0.15, 0.2) is 0 Å². The Morgan fingerprint density at radius 2 is 1.74 bits per heavy atom. The Morgan fingerprint density at radius 3 is 2.47 bits per heavy atom. The first-order valence-electron chi connectivity index (χ1n) is 5.62. The van der Waals surface area contributed by atoms with Crippen molar-refractivity contribution in [3.05, 3.63) is 53.6 Å². The molecule has 0 bridgehead atoms. The molecule has 1 N–H and O–H groups in total. The first-order valence-corrected chi connectivity index (χ1v) is 6.00. The zero-order chi connectivity index (χ0) is 13.2. The molecule has 4 nitrogen and oxygen atoms in total. The first kappa shape index (κ1) is 11.7. The number of halogens is 1. The Hall–Kier alpha value is -2.33. The van der Waals surface area contributed by atoms with Gasteiger partial charge in [-0.25, -0.2) is 0 Å². The summed E-state index contributed by atoms with van der Waals surface area (Å²) in [5.41, 5.74) is 1.31. The Balaban J connectivity index is 2.00. The summed E-state index contributed by atoms with van der Waals surface area (Å²) in [7, 11) is 0. The van der Waals surface area contributed by atoms with E-state index in [4.69, 9.17) is 16.1 Å². The maximum Gasteiger partial charge on any atom is 0.258 e. The van der Waals surface area contributed by atoms with Crippen molar-refractivity contribution in [2.24, 2.45) is 0 Å². The molecule has 0 amide bonds. The lowest BCUT2D eigenvalue weighted by atomic mass is 10.2. The Labute approximate surface area is 114 Å². The lowest BCUT2D eigenvalue weighted by molar-refractivity contribution is 0.431. The summed E-state index contributed by atoms with van der Waals surface area (Å²) < 4.78 is 5.18. The van der Waals surface area contributed by atoms with Gasteiger partial charge in [-0.2, -0.15) is 4.98 Å². The first-order chi connectivity index (χ1) is 9.24. The third-order valence-corrected chi connectivity index (χ3v) is 2.91. The summed E-state index contributed by atoms with van der Waals surface area (Å²) in [4.78, 5) is 4.26. The SMILES string of the molecule is Oc1ccccc1-c1noc(-c2ccc(Cl)cc2)n1. The molecule has 5 heteroatoms. The van der Waals surface area contributed by atoms with Crippen molar-refractivity contribution in [1.29, 1.82) is 0 Å². The lowest BCUT2D eigenvalue weighted by Crippen LogP contribution is -1.82. The summed E-state index contributed by atoms with van der Waals surface area (Å²) >= 11 is 5.82. The number of hydrogen-bond donors (Lipinski definition) is 1. The van der Waals surface area contributed by atoms with Crippen LogP contribution in [0.4, 0.5) is 0 Å². The van der Waals surface area contributed by atoms with Crippen LogP contribution in [0.15, 0.2) is 53.1 Å². The van der Waals surface area contributed by atoms with E-state index in [-0.39, 0.29) is 5.75 Å². The average Bonchev–Trinajstić information content (AvgIpc) is 2.89. The molecule has 0 unspecified atom stereocenters. The Bertz CT molecular complexity index is 707. The fourth-order valence-corrected chi connectivity index (χ4v) is 1.83. The highest BCUT2D eigenvalue weighted by molar-refractivity contribution is 6.30. The minimum absolute atomic E-state index is 0.117. The van der Waals surface area contributed by atoms with Crippen molar-refractivity contribution >= 4 is 11.6 Å². The molecule has 1 heterocycles. The van der Waals surface area contributed by atoms with Gasteiger partial charge in [0.05, 0.1) is 5.56 Å². The van der Waals surface area contributed by atoms with Gasteiger partial charge in [0.1, 0.15) is 5.75 Å². The van der Waals surface area contributed by atoms with Crippen molar-refractivity contribution in [1.82, 2.24) is 10.1 Å². The van der Waals surface area contributed by atoms with E-state index in [0.29, 0.717) is 22.3 Å². The van der Waals surface area contributed by atoms with E-state index >= 15 is 0 Å². The molecule has 0 atom stereocenters. The number of rotatable bonds is 2. The smallest absolute Gasteiger partial charge is 0.258 e. The van der Waals surface area contributed by atoms with Crippen molar-refractivity contribution in [2.75, 3.05) is 0 Å². The number of aromatic hydroxyl groups is 1. The second-order valence-corrected chi connectivity index (χ2v) is 4.38. The van der Waals surface area contributed by atoms with E-state index in [2.05, 4.69) is 10.1 Å². The molecular formula is C14H9ClN2O2. The van der Waals surface area contributed by atoms with E-state index in [1.54, 1.807) is 48.5 Å². The van der Waals surface area contributed by atoms with Crippen LogP contribution in [0.1, 0.15) is 0 Å². The zero-order valence-corrected chi connectivity index (χ0v) is 10.5. The average molecular weight is 273 g/mol. The fraction of sp³-hybridized carbons (Fsp3) is 0. The van der Waals surface area contributed by atoms with Gasteiger partial charge in [-0.1, -0.05) is 28.9 Å². The molecule has 0 radical (unpaired) electrons. The highest BCUT2D eigenvalue weighted by Gasteiger charge is 2.12. The normalized spacial score (nSPS) is 10.6. The van der Waals surface area contributed by atoms with Gasteiger partial charge in [-0.05, 0) is 36.4 Å². The monoisotopic (exact) mass is 272 g/mol. The highest BCUT2D eigenvalue weighted by atomic mass is 35.5. The molecule has 0 saturated carbocycles. The largest absolute Gasteiger partial charge is 0.507 e. The molecule has 3 aromatic rings. The second kappa shape index (κ2) is 4.74. The molecule has 0 aliphatic carbocycles. The number of phenols is 1. The van der Waals surface area contributed by atoms with Crippen LogP contribution in [0.25, 0.3) is 22.8 Å².